The smallest absolute Gasteiger partial charge is 0.339 e. The lowest BCUT2D eigenvalue weighted by atomic mass is 9.94. The van der Waals surface area contributed by atoms with Crippen LogP contribution in [0.1, 0.15) is 23.2 Å². The lowest BCUT2D eigenvalue weighted by Gasteiger charge is -2.49. The van der Waals surface area contributed by atoms with Crippen LogP contribution in [0, 0.1) is 0 Å². The van der Waals surface area contributed by atoms with Crippen molar-refractivity contribution in [3.8, 4) is 0 Å². The minimum absolute atomic E-state index is 0.0201. The summed E-state index contributed by atoms with van der Waals surface area (Å²) in [4.78, 5) is 14.0. The number of hydrogen-bond acceptors (Lipinski definition) is 5. The first-order valence-corrected chi connectivity index (χ1v) is 9.26. The van der Waals surface area contributed by atoms with E-state index in [4.69, 9.17) is 16.3 Å². The SMILES string of the molecule is COC(=O)c1ccc(Cl)cc1S(=O)(=O)N1CC2CCC1CN2C. The summed E-state index contributed by atoms with van der Waals surface area (Å²) in [5, 5.41) is 0.274. The van der Waals surface area contributed by atoms with Gasteiger partial charge in [-0.1, -0.05) is 11.6 Å². The summed E-state index contributed by atoms with van der Waals surface area (Å²) in [6, 6.07) is 4.36. The number of ether oxygens (including phenoxy) is 1. The van der Waals surface area contributed by atoms with Crippen molar-refractivity contribution in [2.24, 2.45) is 0 Å². The van der Waals surface area contributed by atoms with Crippen molar-refractivity contribution in [3.05, 3.63) is 28.8 Å². The quantitative estimate of drug-likeness (QED) is 0.768. The van der Waals surface area contributed by atoms with E-state index in [1.807, 2.05) is 7.05 Å². The van der Waals surface area contributed by atoms with Crippen LogP contribution in [0.4, 0.5) is 0 Å². The minimum Gasteiger partial charge on any atom is -0.465 e. The number of hydrogen-bond donors (Lipinski definition) is 0. The number of piperazine rings is 1. The zero-order valence-electron chi connectivity index (χ0n) is 13.0. The number of carbonyl (C=O) groups is 1. The van der Waals surface area contributed by atoms with E-state index in [1.165, 1.54) is 29.6 Å². The fourth-order valence-corrected chi connectivity index (χ4v) is 5.54. The van der Waals surface area contributed by atoms with E-state index < -0.39 is 16.0 Å². The molecule has 4 rings (SSSR count). The van der Waals surface area contributed by atoms with Crippen LogP contribution in [0.25, 0.3) is 0 Å². The van der Waals surface area contributed by atoms with E-state index in [-0.39, 0.29) is 27.6 Å². The van der Waals surface area contributed by atoms with Gasteiger partial charge in [0.15, 0.2) is 0 Å². The van der Waals surface area contributed by atoms with Crippen molar-refractivity contribution in [1.29, 1.82) is 0 Å². The fourth-order valence-electron chi connectivity index (χ4n) is 3.41. The van der Waals surface area contributed by atoms with Crippen LogP contribution in [-0.4, -0.2) is 62.9 Å². The van der Waals surface area contributed by atoms with Gasteiger partial charge >= 0.3 is 5.97 Å². The monoisotopic (exact) mass is 358 g/mol. The highest BCUT2D eigenvalue weighted by atomic mass is 35.5. The molecule has 0 saturated carbocycles. The zero-order chi connectivity index (χ0) is 16.8. The summed E-state index contributed by atoms with van der Waals surface area (Å²) in [6.07, 6.45) is 1.83. The second-order valence-electron chi connectivity index (χ2n) is 6.03. The summed E-state index contributed by atoms with van der Waals surface area (Å²) < 4.78 is 32.5. The molecule has 2 bridgehead atoms. The molecule has 0 amide bonds. The third-order valence-electron chi connectivity index (χ3n) is 4.69. The molecule has 23 heavy (non-hydrogen) atoms. The van der Waals surface area contributed by atoms with Crippen molar-refractivity contribution in [1.82, 2.24) is 9.21 Å². The summed E-state index contributed by atoms with van der Waals surface area (Å²) >= 11 is 5.97. The maximum atomic E-state index is 13.1. The van der Waals surface area contributed by atoms with E-state index in [2.05, 4.69) is 4.90 Å². The molecule has 2 unspecified atom stereocenters. The van der Waals surface area contributed by atoms with Crippen LogP contribution in [0.5, 0.6) is 0 Å². The molecule has 126 valence electrons. The number of sulfonamides is 1. The lowest BCUT2D eigenvalue weighted by molar-refractivity contribution is 0.0425. The van der Waals surface area contributed by atoms with Crippen molar-refractivity contribution in [2.75, 3.05) is 27.2 Å². The average Bonchev–Trinajstić information content (AvgIpc) is 2.54. The van der Waals surface area contributed by atoms with Crippen molar-refractivity contribution in [3.63, 3.8) is 0 Å². The molecule has 3 aliphatic rings. The highest BCUT2D eigenvalue weighted by Crippen LogP contribution is 2.34. The first kappa shape index (κ1) is 16.7. The molecule has 0 radical (unpaired) electrons. The summed E-state index contributed by atoms with van der Waals surface area (Å²) in [7, 11) is -0.562. The van der Waals surface area contributed by atoms with Gasteiger partial charge in [0.2, 0.25) is 10.0 Å². The van der Waals surface area contributed by atoms with Crippen molar-refractivity contribution >= 4 is 27.6 Å². The number of piperidine rings is 2. The third kappa shape index (κ3) is 2.87. The summed E-state index contributed by atoms with van der Waals surface area (Å²) in [5.41, 5.74) is 0.0201. The zero-order valence-corrected chi connectivity index (χ0v) is 14.6. The molecule has 8 heteroatoms. The molecule has 0 aliphatic carbocycles. The van der Waals surface area contributed by atoms with E-state index in [0.717, 1.165) is 12.8 Å². The highest BCUT2D eigenvalue weighted by Gasteiger charge is 2.44. The predicted octanol–water partition coefficient (Wildman–Crippen LogP) is 1.59. The maximum absolute atomic E-state index is 13.1. The van der Waals surface area contributed by atoms with Crippen LogP contribution in [0.2, 0.25) is 5.02 Å². The minimum atomic E-state index is -3.80. The Bertz CT molecular complexity index is 737. The van der Waals surface area contributed by atoms with Gasteiger partial charge in [0.25, 0.3) is 0 Å². The van der Waals surface area contributed by atoms with Crippen molar-refractivity contribution in [2.45, 2.75) is 29.8 Å². The normalized spacial score (nSPS) is 25.5. The Labute approximate surface area is 141 Å². The van der Waals surface area contributed by atoms with Gasteiger partial charge in [-0.15, -0.1) is 0 Å². The van der Waals surface area contributed by atoms with Crippen LogP contribution >= 0.6 is 11.6 Å². The fraction of sp³-hybridized carbons (Fsp3) is 0.533. The predicted molar refractivity (Wildman–Crippen MR) is 86.1 cm³/mol. The molecule has 0 spiro atoms. The van der Waals surface area contributed by atoms with Gasteiger partial charge in [0.05, 0.1) is 17.6 Å². The number of carbonyl (C=O) groups excluding carboxylic acids is 1. The Balaban J connectivity index is 2.04. The van der Waals surface area contributed by atoms with E-state index in [0.29, 0.717) is 13.1 Å². The highest BCUT2D eigenvalue weighted by molar-refractivity contribution is 7.89. The van der Waals surface area contributed by atoms with Gasteiger partial charge in [-0.05, 0) is 38.1 Å². The number of rotatable bonds is 3. The summed E-state index contributed by atoms with van der Waals surface area (Å²) in [6.45, 7) is 1.15. The lowest BCUT2D eigenvalue weighted by Crippen LogP contribution is -2.62. The van der Waals surface area contributed by atoms with Crippen molar-refractivity contribution < 1.29 is 17.9 Å². The maximum Gasteiger partial charge on any atom is 0.339 e. The molecule has 0 N–H and O–H groups in total. The molecule has 6 nitrogen and oxygen atoms in total. The van der Waals surface area contributed by atoms with Gasteiger partial charge in [0.1, 0.15) is 0 Å². The standard InChI is InChI=1S/C15H19ClN2O4S/c1-17-8-12-5-4-11(17)9-18(12)23(20,21)14-7-10(16)3-6-13(14)15(19)22-2/h3,6-7,11-12H,4-5,8-9H2,1-2H3. The molecule has 3 saturated heterocycles. The van der Waals surface area contributed by atoms with Gasteiger partial charge in [-0.2, -0.15) is 4.31 Å². The number of nitrogens with zero attached hydrogens (tertiary/aromatic N) is 2. The number of halogens is 1. The van der Waals surface area contributed by atoms with Crippen LogP contribution in [0.3, 0.4) is 0 Å². The summed E-state index contributed by atoms with van der Waals surface area (Å²) in [5.74, 6) is -0.681. The molecule has 1 aromatic rings. The van der Waals surface area contributed by atoms with Gasteiger partial charge in [-0.3, -0.25) is 0 Å². The van der Waals surface area contributed by atoms with Gasteiger partial charge in [0, 0.05) is 30.2 Å². The Morgan fingerprint density at radius 2 is 1.96 bits per heavy atom. The van der Waals surface area contributed by atoms with E-state index in [1.54, 1.807) is 0 Å². The Morgan fingerprint density at radius 1 is 1.26 bits per heavy atom. The number of likely N-dealkylation sites (N-methyl/N-ethyl adjacent to an activating group) is 1. The van der Waals surface area contributed by atoms with E-state index >= 15 is 0 Å². The first-order valence-electron chi connectivity index (χ1n) is 7.44. The first-order chi connectivity index (χ1) is 10.8. The van der Waals surface area contributed by atoms with Gasteiger partial charge in [-0.25, -0.2) is 13.2 Å². The number of esters is 1. The molecule has 1 aromatic carbocycles. The molecule has 3 fully saturated rings. The second kappa shape index (κ2) is 6.05. The topological polar surface area (TPSA) is 66.9 Å². The van der Waals surface area contributed by atoms with Crippen LogP contribution < -0.4 is 0 Å². The Kier molecular flexibility index (Phi) is 4.39. The molecule has 3 heterocycles. The largest absolute Gasteiger partial charge is 0.465 e. The Hall–Kier alpha value is -1.15. The number of fused-ring (bicyclic) bond motifs is 3. The molecular weight excluding hydrogens is 340 g/mol. The van der Waals surface area contributed by atoms with E-state index in [9.17, 15) is 13.2 Å². The molecule has 2 atom stereocenters. The third-order valence-corrected chi connectivity index (χ3v) is 6.88. The number of benzene rings is 1. The van der Waals surface area contributed by atoms with Crippen LogP contribution in [-0.2, 0) is 14.8 Å². The average molecular weight is 359 g/mol. The molecule has 3 aliphatic heterocycles. The Morgan fingerprint density at radius 3 is 2.52 bits per heavy atom. The number of methoxy groups -OCH3 is 1. The molecular formula is C15H19ClN2O4S. The van der Waals surface area contributed by atoms with Crippen LogP contribution in [0.15, 0.2) is 23.1 Å². The second-order valence-corrected chi connectivity index (χ2v) is 8.33. The molecule has 0 aromatic heterocycles. The van der Waals surface area contributed by atoms with Gasteiger partial charge < -0.3 is 9.64 Å².